The van der Waals surface area contributed by atoms with Crippen LogP contribution in [0.1, 0.15) is 46.9 Å². The molecule has 2 unspecified atom stereocenters. The lowest BCUT2D eigenvalue weighted by Gasteiger charge is -2.26. The van der Waals surface area contributed by atoms with Gasteiger partial charge in [-0.05, 0) is 82.1 Å². The monoisotopic (exact) mass is 579 g/mol. The average Bonchev–Trinajstić information content (AvgIpc) is 2.96. The molecule has 4 aromatic carbocycles. The molecule has 0 bridgehead atoms. The summed E-state index contributed by atoms with van der Waals surface area (Å²) >= 11 is 0. The molecule has 5 nitrogen and oxygen atoms in total. The first kappa shape index (κ1) is 28.6. The van der Waals surface area contributed by atoms with Gasteiger partial charge in [-0.15, -0.1) is 0 Å². The Kier molecular flexibility index (Phi) is 7.76. The van der Waals surface area contributed by atoms with Crippen molar-refractivity contribution in [3.05, 3.63) is 113 Å². The van der Waals surface area contributed by atoms with Gasteiger partial charge in [0.05, 0.1) is 16.4 Å². The maximum atomic E-state index is 13.6. The fraction of sp³-hybridized carbons (Fsp3) is 0.219. The molecule has 0 saturated heterocycles. The molecule has 0 aliphatic carbocycles. The summed E-state index contributed by atoms with van der Waals surface area (Å²) in [6.07, 6.45) is -3.41. The Hall–Kier alpha value is -3.95. The van der Waals surface area contributed by atoms with Crippen LogP contribution in [-0.2, 0) is 27.2 Å². The highest BCUT2D eigenvalue weighted by Gasteiger charge is 2.33. The van der Waals surface area contributed by atoms with E-state index in [1.165, 1.54) is 24.3 Å². The molecule has 4 aromatic rings. The minimum atomic E-state index is -4.49. The van der Waals surface area contributed by atoms with E-state index in [4.69, 9.17) is 0 Å². The molecule has 9 heteroatoms. The van der Waals surface area contributed by atoms with Crippen LogP contribution in [0, 0.1) is 0 Å². The number of sulfone groups is 1. The lowest BCUT2D eigenvalue weighted by molar-refractivity contribution is -0.139. The van der Waals surface area contributed by atoms with Gasteiger partial charge in [0.2, 0.25) is 0 Å². The van der Waals surface area contributed by atoms with Crippen molar-refractivity contribution in [1.29, 1.82) is 0 Å². The van der Waals surface area contributed by atoms with Crippen molar-refractivity contribution < 1.29 is 31.5 Å². The summed E-state index contributed by atoms with van der Waals surface area (Å²) in [6, 6.07) is 23.7. The van der Waals surface area contributed by atoms with Crippen molar-refractivity contribution in [1.82, 2.24) is 5.32 Å². The summed E-state index contributed by atoms with van der Waals surface area (Å²) in [5.74, 6) is -1.78. The van der Waals surface area contributed by atoms with Crippen LogP contribution in [0.5, 0.6) is 0 Å². The number of aliphatic carboxylic acids is 1. The van der Waals surface area contributed by atoms with Gasteiger partial charge >= 0.3 is 12.1 Å². The number of nitrogens with one attached hydrogen (secondary N) is 1. The highest BCUT2D eigenvalue weighted by atomic mass is 32.2. The molecule has 0 fully saturated rings. The number of benzene rings is 4. The van der Waals surface area contributed by atoms with Gasteiger partial charge in [-0.1, -0.05) is 67.6 Å². The molecule has 0 amide bonds. The minimum absolute atomic E-state index is 0.139. The lowest BCUT2D eigenvalue weighted by atomic mass is 9.88. The zero-order chi connectivity index (χ0) is 29.4. The number of halogens is 3. The Morgan fingerprint density at radius 1 is 0.927 bits per heavy atom. The molecule has 2 atom stereocenters. The fourth-order valence-electron chi connectivity index (χ4n) is 5.36. The minimum Gasteiger partial charge on any atom is -0.481 e. The SMILES string of the molecule is CCC(C(=O)O)c1ccc(-c2ccc(S(=O)(=O)C3NCCc4ccccc43)cc2)c(-c2ccc(C(F)(F)F)cc2)c1. The van der Waals surface area contributed by atoms with Gasteiger partial charge < -0.3 is 5.11 Å². The summed E-state index contributed by atoms with van der Waals surface area (Å²) in [6.45, 7) is 2.29. The molecular weight excluding hydrogens is 551 g/mol. The van der Waals surface area contributed by atoms with Crippen LogP contribution >= 0.6 is 0 Å². The molecule has 212 valence electrons. The molecule has 0 aromatic heterocycles. The number of hydrogen-bond acceptors (Lipinski definition) is 4. The molecule has 1 aliphatic rings. The molecule has 41 heavy (non-hydrogen) atoms. The summed E-state index contributed by atoms with van der Waals surface area (Å²) in [4.78, 5) is 12.0. The molecule has 5 rings (SSSR count). The third kappa shape index (κ3) is 5.64. The van der Waals surface area contributed by atoms with Gasteiger partial charge in [0.15, 0.2) is 9.84 Å². The predicted molar refractivity (Wildman–Crippen MR) is 151 cm³/mol. The lowest BCUT2D eigenvalue weighted by Crippen LogP contribution is -2.35. The van der Waals surface area contributed by atoms with E-state index in [9.17, 15) is 31.5 Å². The van der Waals surface area contributed by atoms with Crippen LogP contribution in [0.2, 0.25) is 0 Å². The van der Waals surface area contributed by atoms with Gasteiger partial charge in [-0.25, -0.2) is 8.42 Å². The number of carboxylic acid groups (broad SMARTS) is 1. The quantitative estimate of drug-likeness (QED) is 0.241. The number of rotatable bonds is 7. The van der Waals surface area contributed by atoms with Crippen LogP contribution < -0.4 is 5.32 Å². The predicted octanol–water partition coefficient (Wildman–Crippen LogP) is 7.24. The second-order valence-electron chi connectivity index (χ2n) is 10.0. The van der Waals surface area contributed by atoms with Crippen molar-refractivity contribution in [3.8, 4) is 22.3 Å². The van der Waals surface area contributed by atoms with Crippen molar-refractivity contribution in [2.24, 2.45) is 0 Å². The van der Waals surface area contributed by atoms with E-state index >= 15 is 0 Å². The summed E-state index contributed by atoms with van der Waals surface area (Å²) in [5.41, 5.74) is 3.77. The second-order valence-corrected chi connectivity index (χ2v) is 12.1. The largest absolute Gasteiger partial charge is 0.481 e. The smallest absolute Gasteiger partial charge is 0.416 e. The maximum absolute atomic E-state index is 13.6. The number of alkyl halides is 3. The Bertz CT molecular complexity index is 1680. The van der Waals surface area contributed by atoms with E-state index in [0.717, 1.165) is 29.7 Å². The van der Waals surface area contributed by atoms with E-state index in [-0.39, 0.29) is 4.90 Å². The van der Waals surface area contributed by atoms with Gasteiger partial charge in [0.25, 0.3) is 0 Å². The van der Waals surface area contributed by atoms with E-state index in [1.54, 1.807) is 37.3 Å². The zero-order valence-electron chi connectivity index (χ0n) is 22.2. The molecule has 1 aliphatic heterocycles. The van der Waals surface area contributed by atoms with Crippen LogP contribution in [0.3, 0.4) is 0 Å². The molecule has 0 saturated carbocycles. The second kappa shape index (κ2) is 11.1. The van der Waals surface area contributed by atoms with E-state index in [2.05, 4.69) is 5.32 Å². The van der Waals surface area contributed by atoms with Crippen molar-refractivity contribution in [2.75, 3.05) is 6.54 Å². The third-order valence-corrected chi connectivity index (χ3v) is 9.51. The molecule has 2 N–H and O–H groups in total. The molecule has 0 spiro atoms. The number of fused-ring (bicyclic) bond motifs is 1. The highest BCUT2D eigenvalue weighted by molar-refractivity contribution is 7.91. The summed E-state index contributed by atoms with van der Waals surface area (Å²) in [7, 11) is -3.77. The fourth-order valence-corrected chi connectivity index (χ4v) is 7.05. The van der Waals surface area contributed by atoms with E-state index in [0.29, 0.717) is 40.8 Å². The molecule has 0 radical (unpaired) electrons. The van der Waals surface area contributed by atoms with E-state index < -0.39 is 38.8 Å². The van der Waals surface area contributed by atoms with Gasteiger partial charge in [-0.3, -0.25) is 10.1 Å². The maximum Gasteiger partial charge on any atom is 0.416 e. The number of hydrogen-bond donors (Lipinski definition) is 2. The summed E-state index contributed by atoms with van der Waals surface area (Å²) in [5, 5.41) is 11.9. The zero-order valence-corrected chi connectivity index (χ0v) is 23.0. The molecular formula is C32H28F3NO4S. The van der Waals surface area contributed by atoms with Gasteiger partial charge in [0, 0.05) is 6.54 Å². The van der Waals surface area contributed by atoms with E-state index in [1.807, 2.05) is 24.3 Å². The first-order valence-corrected chi connectivity index (χ1v) is 14.7. The normalized spacial score (nSPS) is 16.1. The van der Waals surface area contributed by atoms with Crippen molar-refractivity contribution >= 4 is 15.8 Å². The Morgan fingerprint density at radius 2 is 1.56 bits per heavy atom. The first-order chi connectivity index (χ1) is 19.5. The Balaban J connectivity index is 1.56. The van der Waals surface area contributed by atoms with Crippen LogP contribution in [-0.4, -0.2) is 26.0 Å². The number of carbonyl (C=O) groups is 1. The topological polar surface area (TPSA) is 83.5 Å². The van der Waals surface area contributed by atoms with Crippen LogP contribution in [0.25, 0.3) is 22.3 Å². The van der Waals surface area contributed by atoms with Gasteiger partial charge in [0.1, 0.15) is 5.37 Å². The van der Waals surface area contributed by atoms with Crippen molar-refractivity contribution in [2.45, 2.75) is 42.1 Å². The first-order valence-electron chi connectivity index (χ1n) is 13.2. The summed E-state index contributed by atoms with van der Waals surface area (Å²) < 4.78 is 66.8. The molecule has 1 heterocycles. The van der Waals surface area contributed by atoms with Gasteiger partial charge in [-0.2, -0.15) is 13.2 Å². The highest BCUT2D eigenvalue weighted by Crippen LogP contribution is 2.38. The standard InChI is InChI=1S/C32H28F3NO4S/c1-2-26(31(37)38)23-11-16-27(29(19-23)22-7-12-24(13-8-22)32(33,34)35)21-9-14-25(15-10-21)41(39,40)30-28-6-4-3-5-20(28)17-18-36-30/h3-16,19,26,30,36H,2,17-18H2,1H3,(H,37,38). The number of carboxylic acids is 1. The third-order valence-electron chi connectivity index (χ3n) is 7.54. The van der Waals surface area contributed by atoms with Crippen molar-refractivity contribution in [3.63, 3.8) is 0 Å². The van der Waals surface area contributed by atoms with Crippen LogP contribution in [0.4, 0.5) is 13.2 Å². The average molecular weight is 580 g/mol. The Labute approximate surface area is 236 Å². The van der Waals surface area contributed by atoms with Crippen LogP contribution in [0.15, 0.2) is 95.9 Å². The Morgan fingerprint density at radius 3 is 2.20 bits per heavy atom.